The van der Waals surface area contributed by atoms with E-state index >= 15 is 0 Å². The lowest BCUT2D eigenvalue weighted by Gasteiger charge is -2.34. The molecular weight excluding hydrogens is 354 g/mol. The standard InChI is InChI=1S/C20H27N7O/c1-14-12-17(23-26(14)4)19(28)24(2)13-15-7-10-27(11-8-15)20-22-16-6-5-9-21-18(16)25(20)3/h5-6,9,12,15H,7-8,10-11,13H2,1-4H3. The molecule has 1 fully saturated rings. The Bertz CT molecular complexity index is 978. The van der Waals surface area contributed by atoms with E-state index in [1.165, 1.54) is 0 Å². The minimum Gasteiger partial charge on any atom is -0.342 e. The molecule has 8 nitrogen and oxygen atoms in total. The fraction of sp³-hybridized carbons (Fsp3) is 0.500. The summed E-state index contributed by atoms with van der Waals surface area (Å²) in [5.41, 5.74) is 3.35. The second kappa shape index (κ2) is 7.26. The minimum atomic E-state index is -0.00689. The van der Waals surface area contributed by atoms with Crippen LogP contribution in [0.25, 0.3) is 11.2 Å². The van der Waals surface area contributed by atoms with Gasteiger partial charge in [-0.1, -0.05) is 0 Å². The van der Waals surface area contributed by atoms with E-state index in [0.717, 1.165) is 55.3 Å². The van der Waals surface area contributed by atoms with Gasteiger partial charge in [-0.3, -0.25) is 14.0 Å². The lowest BCUT2D eigenvalue weighted by Crippen LogP contribution is -2.40. The molecule has 0 bridgehead atoms. The van der Waals surface area contributed by atoms with E-state index in [4.69, 9.17) is 4.98 Å². The van der Waals surface area contributed by atoms with Crippen LogP contribution in [0.1, 0.15) is 29.0 Å². The van der Waals surface area contributed by atoms with Crippen molar-refractivity contribution in [1.29, 1.82) is 0 Å². The van der Waals surface area contributed by atoms with Crippen molar-refractivity contribution in [1.82, 2.24) is 29.2 Å². The van der Waals surface area contributed by atoms with Crippen LogP contribution >= 0.6 is 0 Å². The summed E-state index contributed by atoms with van der Waals surface area (Å²) in [6.07, 6.45) is 3.88. The molecule has 0 radical (unpaired) electrons. The first-order chi connectivity index (χ1) is 13.4. The number of anilines is 1. The minimum absolute atomic E-state index is 0.00689. The largest absolute Gasteiger partial charge is 0.342 e. The lowest BCUT2D eigenvalue weighted by molar-refractivity contribution is 0.0758. The highest BCUT2D eigenvalue weighted by Crippen LogP contribution is 2.25. The van der Waals surface area contributed by atoms with Crippen LogP contribution in [-0.2, 0) is 14.1 Å². The molecule has 8 heteroatoms. The smallest absolute Gasteiger partial charge is 0.274 e. The monoisotopic (exact) mass is 381 g/mol. The summed E-state index contributed by atoms with van der Waals surface area (Å²) in [6, 6.07) is 5.76. The predicted molar refractivity (Wildman–Crippen MR) is 108 cm³/mol. The van der Waals surface area contributed by atoms with Gasteiger partial charge in [-0.25, -0.2) is 9.97 Å². The first-order valence-corrected chi connectivity index (χ1v) is 9.72. The molecule has 0 N–H and O–H groups in total. The van der Waals surface area contributed by atoms with E-state index in [2.05, 4.69) is 19.5 Å². The molecule has 1 amide bonds. The average Bonchev–Trinajstić information content (AvgIpc) is 3.21. The number of hydrogen-bond donors (Lipinski definition) is 0. The van der Waals surface area contributed by atoms with Crippen LogP contribution in [0.4, 0.5) is 5.95 Å². The van der Waals surface area contributed by atoms with Gasteiger partial charge in [0.1, 0.15) is 5.52 Å². The van der Waals surface area contributed by atoms with Crippen molar-refractivity contribution in [2.75, 3.05) is 31.6 Å². The predicted octanol–water partition coefficient (Wildman–Crippen LogP) is 2.00. The number of amides is 1. The Balaban J connectivity index is 1.37. The fourth-order valence-electron chi connectivity index (χ4n) is 3.94. The summed E-state index contributed by atoms with van der Waals surface area (Å²) in [4.78, 5) is 25.9. The summed E-state index contributed by atoms with van der Waals surface area (Å²) >= 11 is 0. The molecular formula is C20H27N7O. The Labute approximate surface area is 164 Å². The topological polar surface area (TPSA) is 72.1 Å². The highest BCUT2D eigenvalue weighted by Gasteiger charge is 2.26. The quantitative estimate of drug-likeness (QED) is 0.691. The molecule has 0 unspecified atom stereocenters. The van der Waals surface area contributed by atoms with Crippen molar-refractivity contribution in [3.05, 3.63) is 35.8 Å². The number of imidazole rings is 1. The molecule has 1 aliphatic heterocycles. The molecule has 3 aromatic rings. The second-order valence-corrected chi connectivity index (χ2v) is 7.73. The normalized spacial score (nSPS) is 15.4. The van der Waals surface area contributed by atoms with Crippen LogP contribution in [0.5, 0.6) is 0 Å². The van der Waals surface area contributed by atoms with Gasteiger partial charge < -0.3 is 9.80 Å². The van der Waals surface area contributed by atoms with Crippen LogP contribution in [0.3, 0.4) is 0 Å². The lowest BCUT2D eigenvalue weighted by atomic mass is 9.96. The SMILES string of the molecule is Cc1cc(C(=O)N(C)CC2CCN(c3nc4cccnc4n3C)CC2)nn1C. The second-order valence-electron chi connectivity index (χ2n) is 7.73. The van der Waals surface area contributed by atoms with Gasteiger partial charge in [-0.05, 0) is 43.9 Å². The van der Waals surface area contributed by atoms with Crippen LogP contribution in [-0.4, -0.2) is 61.8 Å². The van der Waals surface area contributed by atoms with E-state index < -0.39 is 0 Å². The van der Waals surface area contributed by atoms with Crippen LogP contribution in [0.2, 0.25) is 0 Å². The maximum Gasteiger partial charge on any atom is 0.274 e. The molecule has 0 saturated carbocycles. The van der Waals surface area contributed by atoms with E-state index in [9.17, 15) is 4.79 Å². The molecule has 1 aliphatic rings. The Morgan fingerprint density at radius 3 is 2.68 bits per heavy atom. The van der Waals surface area contributed by atoms with Gasteiger partial charge in [-0.15, -0.1) is 0 Å². The van der Waals surface area contributed by atoms with Gasteiger partial charge in [0.15, 0.2) is 11.3 Å². The third kappa shape index (κ3) is 3.34. The number of piperidine rings is 1. The Morgan fingerprint density at radius 1 is 1.29 bits per heavy atom. The molecule has 0 aliphatic carbocycles. The summed E-state index contributed by atoms with van der Waals surface area (Å²) in [7, 11) is 5.75. The van der Waals surface area contributed by atoms with Gasteiger partial charge >= 0.3 is 0 Å². The first kappa shape index (κ1) is 18.5. The number of aryl methyl sites for hydroxylation is 3. The van der Waals surface area contributed by atoms with Gasteiger partial charge in [0.2, 0.25) is 5.95 Å². The number of fused-ring (bicyclic) bond motifs is 1. The molecule has 0 aromatic carbocycles. The Morgan fingerprint density at radius 2 is 2.04 bits per heavy atom. The molecule has 4 heterocycles. The third-order valence-corrected chi connectivity index (χ3v) is 5.71. The number of pyridine rings is 1. The van der Waals surface area contributed by atoms with Crippen LogP contribution < -0.4 is 4.90 Å². The Kier molecular flexibility index (Phi) is 4.78. The van der Waals surface area contributed by atoms with Crippen molar-refractivity contribution in [3.63, 3.8) is 0 Å². The third-order valence-electron chi connectivity index (χ3n) is 5.71. The maximum absolute atomic E-state index is 12.6. The molecule has 148 valence electrons. The fourth-order valence-corrected chi connectivity index (χ4v) is 3.94. The van der Waals surface area contributed by atoms with Crippen molar-refractivity contribution < 1.29 is 4.79 Å². The van der Waals surface area contributed by atoms with Crippen molar-refractivity contribution in [2.24, 2.45) is 20.0 Å². The summed E-state index contributed by atoms with van der Waals surface area (Å²) in [5, 5.41) is 4.31. The molecule has 28 heavy (non-hydrogen) atoms. The molecule has 3 aromatic heterocycles. The van der Waals surface area contributed by atoms with E-state index in [0.29, 0.717) is 11.6 Å². The van der Waals surface area contributed by atoms with Gasteiger partial charge in [0.05, 0.1) is 0 Å². The highest BCUT2D eigenvalue weighted by molar-refractivity contribution is 5.92. The molecule has 0 spiro atoms. The number of rotatable bonds is 4. The van der Waals surface area contributed by atoms with Crippen LogP contribution in [0, 0.1) is 12.8 Å². The van der Waals surface area contributed by atoms with E-state index in [1.54, 1.807) is 15.8 Å². The summed E-state index contributed by atoms with van der Waals surface area (Å²) < 4.78 is 3.81. The first-order valence-electron chi connectivity index (χ1n) is 9.72. The number of carbonyl (C=O) groups is 1. The van der Waals surface area contributed by atoms with Crippen LogP contribution in [0.15, 0.2) is 24.4 Å². The number of aromatic nitrogens is 5. The molecule has 1 saturated heterocycles. The maximum atomic E-state index is 12.6. The van der Waals surface area contributed by atoms with Crippen molar-refractivity contribution >= 4 is 23.0 Å². The summed E-state index contributed by atoms with van der Waals surface area (Å²) in [5.74, 6) is 1.45. The average molecular weight is 381 g/mol. The Hall–Kier alpha value is -2.90. The van der Waals surface area contributed by atoms with Crippen molar-refractivity contribution in [2.45, 2.75) is 19.8 Å². The molecule has 4 rings (SSSR count). The van der Waals surface area contributed by atoms with E-state index in [1.807, 2.05) is 46.3 Å². The van der Waals surface area contributed by atoms with E-state index in [-0.39, 0.29) is 5.91 Å². The zero-order valence-corrected chi connectivity index (χ0v) is 17.0. The van der Waals surface area contributed by atoms with Gasteiger partial charge in [-0.2, -0.15) is 5.10 Å². The van der Waals surface area contributed by atoms with Gasteiger partial charge in [0.25, 0.3) is 5.91 Å². The number of hydrogen-bond acceptors (Lipinski definition) is 5. The van der Waals surface area contributed by atoms with Crippen molar-refractivity contribution in [3.8, 4) is 0 Å². The zero-order valence-electron chi connectivity index (χ0n) is 17.0. The number of carbonyl (C=O) groups excluding carboxylic acids is 1. The number of nitrogens with zero attached hydrogens (tertiary/aromatic N) is 7. The van der Waals surface area contributed by atoms with Gasteiger partial charge in [0, 0.05) is 52.7 Å². The zero-order chi connectivity index (χ0) is 19.8. The molecule has 0 atom stereocenters. The highest BCUT2D eigenvalue weighted by atomic mass is 16.2. The summed E-state index contributed by atoms with van der Waals surface area (Å²) in [6.45, 7) is 4.58.